The number of pyridine rings is 2. The van der Waals surface area contributed by atoms with E-state index in [0.29, 0.717) is 0 Å². The van der Waals surface area contributed by atoms with Gasteiger partial charge in [0.15, 0.2) is 0 Å². The quantitative estimate of drug-likeness (QED) is 0.258. The second-order valence-corrected chi connectivity index (χ2v) is 7.45. The van der Waals surface area contributed by atoms with Crippen LogP contribution in [0.4, 0.5) is 0 Å². The molecule has 0 fully saturated rings. The highest BCUT2D eigenvalue weighted by Gasteiger charge is 2.14. The minimum Gasteiger partial charge on any atom is -0.274 e. The van der Waals surface area contributed by atoms with E-state index in [4.69, 9.17) is 0 Å². The summed E-state index contributed by atoms with van der Waals surface area (Å²) in [4.78, 5) is 18.0. The summed E-state index contributed by atoms with van der Waals surface area (Å²) in [5.74, 6) is 0. The number of rotatable bonds is 1. The normalized spacial score (nSPS) is 11.4. The maximum Gasteiger partial charge on any atom is 0.263 e. The van der Waals surface area contributed by atoms with Gasteiger partial charge in [-0.15, -0.1) is 0 Å². The predicted molar refractivity (Wildman–Crippen MR) is 115 cm³/mol. The fourth-order valence-corrected chi connectivity index (χ4v) is 4.05. The largest absolute Gasteiger partial charge is 0.274 e. The van der Waals surface area contributed by atoms with Gasteiger partial charge >= 0.3 is 0 Å². The fourth-order valence-electron chi connectivity index (χ4n) is 3.56. The topological polar surface area (TPSA) is 34.9 Å². The Hall–Kier alpha value is -2.73. The van der Waals surface area contributed by atoms with Gasteiger partial charge in [0.05, 0.1) is 16.7 Å². The molecule has 5 aromatic rings. The summed E-state index contributed by atoms with van der Waals surface area (Å²) in [7, 11) is 0. The Morgan fingerprint density at radius 2 is 1.65 bits per heavy atom. The van der Waals surface area contributed by atoms with E-state index in [0.717, 1.165) is 41.8 Å². The molecule has 0 saturated heterocycles. The highest BCUT2D eigenvalue weighted by atomic mass is 127. The number of halogens is 1. The predicted octanol–water partition coefficient (Wildman–Crippen LogP) is 5.30. The fraction of sp³-hybridized carbons (Fsp3) is 0. The van der Waals surface area contributed by atoms with Gasteiger partial charge in [-0.25, -0.2) is 0 Å². The Kier molecular flexibility index (Phi) is 3.53. The molecule has 0 unspecified atom stereocenters. The lowest BCUT2D eigenvalue weighted by Crippen LogP contribution is -2.19. The third kappa shape index (κ3) is 2.25. The van der Waals surface area contributed by atoms with E-state index in [1.54, 1.807) is 10.8 Å². The molecular formula is C22H13IN2O. The summed E-state index contributed by atoms with van der Waals surface area (Å²) < 4.78 is 2.91. The lowest BCUT2D eigenvalue weighted by Gasteiger charge is -2.15. The van der Waals surface area contributed by atoms with Crippen LogP contribution in [0.5, 0.6) is 0 Å². The van der Waals surface area contributed by atoms with Crippen LogP contribution in [0, 0.1) is 3.57 Å². The van der Waals surface area contributed by atoms with Crippen LogP contribution < -0.4 is 5.56 Å². The molecule has 0 atom stereocenters. The van der Waals surface area contributed by atoms with Crippen molar-refractivity contribution >= 4 is 55.2 Å². The summed E-state index contributed by atoms with van der Waals surface area (Å²) in [6.07, 6.45) is 1.77. The molecule has 3 aromatic carbocycles. The zero-order chi connectivity index (χ0) is 17.7. The van der Waals surface area contributed by atoms with Crippen molar-refractivity contribution in [3.8, 4) is 5.69 Å². The van der Waals surface area contributed by atoms with Crippen molar-refractivity contribution in [2.75, 3.05) is 0 Å². The van der Waals surface area contributed by atoms with Crippen LogP contribution in [0.3, 0.4) is 0 Å². The molecule has 5 rings (SSSR count). The number of benzene rings is 3. The van der Waals surface area contributed by atoms with Crippen molar-refractivity contribution in [2.24, 2.45) is 0 Å². The molecular weight excluding hydrogens is 435 g/mol. The Morgan fingerprint density at radius 3 is 2.58 bits per heavy atom. The second-order valence-electron chi connectivity index (χ2n) is 6.20. The van der Waals surface area contributed by atoms with E-state index in [9.17, 15) is 4.79 Å². The average molecular weight is 448 g/mol. The summed E-state index contributed by atoms with van der Waals surface area (Å²) in [5.41, 5.74) is 2.51. The molecule has 124 valence electrons. The number of fused-ring (bicyclic) bond motifs is 4. The minimum absolute atomic E-state index is 0.0201. The second kappa shape index (κ2) is 5.92. The van der Waals surface area contributed by atoms with Crippen molar-refractivity contribution in [1.29, 1.82) is 0 Å². The summed E-state index contributed by atoms with van der Waals surface area (Å²) in [6, 6.07) is 23.9. The van der Waals surface area contributed by atoms with Gasteiger partial charge in [0.25, 0.3) is 5.56 Å². The van der Waals surface area contributed by atoms with E-state index in [2.05, 4.69) is 39.7 Å². The highest BCUT2D eigenvalue weighted by molar-refractivity contribution is 14.1. The number of para-hydroxylation sites is 2. The molecule has 0 amide bonds. The minimum atomic E-state index is -0.0201. The molecule has 26 heavy (non-hydrogen) atoms. The van der Waals surface area contributed by atoms with Gasteiger partial charge < -0.3 is 0 Å². The third-order valence-corrected chi connectivity index (χ3v) is 5.37. The molecule has 0 saturated carbocycles. The lowest BCUT2D eigenvalue weighted by molar-refractivity contribution is 1.07. The molecule has 2 aromatic heterocycles. The van der Waals surface area contributed by atoms with Gasteiger partial charge in [-0.2, -0.15) is 0 Å². The van der Waals surface area contributed by atoms with Gasteiger partial charge in [0.2, 0.25) is 0 Å². The highest BCUT2D eigenvalue weighted by Crippen LogP contribution is 2.28. The van der Waals surface area contributed by atoms with Crippen molar-refractivity contribution in [1.82, 2.24) is 9.55 Å². The van der Waals surface area contributed by atoms with Crippen LogP contribution in [0.15, 0.2) is 83.8 Å². The lowest BCUT2D eigenvalue weighted by atomic mass is 10.1. The molecule has 3 nitrogen and oxygen atoms in total. The maximum absolute atomic E-state index is 13.4. The first kappa shape index (κ1) is 15.5. The van der Waals surface area contributed by atoms with E-state index >= 15 is 0 Å². The zero-order valence-corrected chi connectivity index (χ0v) is 15.8. The molecule has 0 aliphatic heterocycles. The van der Waals surface area contributed by atoms with Crippen molar-refractivity contribution in [3.63, 3.8) is 0 Å². The maximum atomic E-state index is 13.4. The van der Waals surface area contributed by atoms with Crippen molar-refractivity contribution in [2.45, 2.75) is 0 Å². The SMILES string of the molecule is O=c1c2ccc(I)cc2c2ccccc2n1-c1cccc2cccnc12. The van der Waals surface area contributed by atoms with E-state index in [-0.39, 0.29) is 5.56 Å². The molecule has 2 heterocycles. The molecule has 0 radical (unpaired) electrons. The first-order valence-electron chi connectivity index (χ1n) is 8.31. The van der Waals surface area contributed by atoms with Gasteiger partial charge in [-0.3, -0.25) is 14.3 Å². The summed E-state index contributed by atoms with van der Waals surface area (Å²) >= 11 is 2.29. The average Bonchev–Trinajstić information content (AvgIpc) is 2.68. The van der Waals surface area contributed by atoms with Gasteiger partial charge in [-0.05, 0) is 64.4 Å². The molecule has 0 N–H and O–H groups in total. The van der Waals surface area contributed by atoms with E-state index in [1.807, 2.05) is 60.7 Å². The van der Waals surface area contributed by atoms with Crippen molar-refractivity contribution < 1.29 is 0 Å². The monoisotopic (exact) mass is 448 g/mol. The molecule has 0 aliphatic rings. The Balaban J connectivity index is 2.04. The molecule has 0 aliphatic carbocycles. The number of hydrogen-bond acceptors (Lipinski definition) is 2. The Morgan fingerprint density at radius 1 is 0.808 bits per heavy atom. The van der Waals surface area contributed by atoms with E-state index < -0.39 is 0 Å². The zero-order valence-electron chi connectivity index (χ0n) is 13.7. The van der Waals surface area contributed by atoms with Crippen LogP contribution in [0.1, 0.15) is 0 Å². The molecule has 4 heteroatoms. The van der Waals surface area contributed by atoms with Crippen molar-refractivity contribution in [3.05, 3.63) is 92.9 Å². The number of hydrogen-bond donors (Lipinski definition) is 0. The first-order valence-corrected chi connectivity index (χ1v) is 9.39. The number of nitrogens with zero attached hydrogens (tertiary/aromatic N) is 2. The van der Waals surface area contributed by atoms with Gasteiger partial charge in [0.1, 0.15) is 0 Å². The number of aromatic nitrogens is 2. The van der Waals surface area contributed by atoms with E-state index in [1.165, 1.54) is 0 Å². The van der Waals surface area contributed by atoms with Crippen LogP contribution in [-0.4, -0.2) is 9.55 Å². The van der Waals surface area contributed by atoms with Crippen LogP contribution in [0.25, 0.3) is 38.3 Å². The van der Waals surface area contributed by atoms with Crippen LogP contribution in [0.2, 0.25) is 0 Å². The Labute approximate surface area is 163 Å². The smallest absolute Gasteiger partial charge is 0.263 e. The molecule has 0 bridgehead atoms. The van der Waals surface area contributed by atoms with Crippen LogP contribution >= 0.6 is 22.6 Å². The summed E-state index contributed by atoms with van der Waals surface area (Å²) in [6.45, 7) is 0. The molecule has 0 spiro atoms. The van der Waals surface area contributed by atoms with Gasteiger partial charge in [-0.1, -0.05) is 36.4 Å². The standard InChI is InChI=1S/C22H13IN2O/c23-15-10-11-17-18(13-15)16-7-1-2-8-19(16)25(22(17)26)20-9-3-5-14-6-4-12-24-21(14)20/h1-13H. The first-order chi connectivity index (χ1) is 12.7. The Bertz CT molecular complexity index is 1370. The summed E-state index contributed by atoms with van der Waals surface area (Å²) in [5, 5.41) is 3.79. The third-order valence-electron chi connectivity index (χ3n) is 4.70. The van der Waals surface area contributed by atoms with Gasteiger partial charge in [0, 0.05) is 25.9 Å². The van der Waals surface area contributed by atoms with Crippen LogP contribution in [-0.2, 0) is 0 Å².